The zero-order valence-corrected chi connectivity index (χ0v) is 17.8. The Morgan fingerprint density at radius 3 is 1.94 bits per heavy atom. The van der Waals surface area contributed by atoms with E-state index in [0.717, 1.165) is 0 Å². The van der Waals surface area contributed by atoms with E-state index in [1.807, 2.05) is 0 Å². The summed E-state index contributed by atoms with van der Waals surface area (Å²) in [5.41, 5.74) is 29.6. The fourth-order valence-electron chi connectivity index (χ4n) is 4.35. The molecule has 2 aliphatic heterocycles. The third-order valence-electron chi connectivity index (χ3n) is 6.54. The van der Waals surface area contributed by atoms with Gasteiger partial charge in [0.25, 0.3) is 0 Å². The van der Waals surface area contributed by atoms with E-state index >= 15 is 0 Å². The average molecular weight is 468 g/mol. The number of aliphatic hydroxyl groups is 5. The van der Waals surface area contributed by atoms with Gasteiger partial charge in [-0.3, -0.25) is 0 Å². The summed E-state index contributed by atoms with van der Waals surface area (Å²) in [6.45, 7) is 1.50. The van der Waals surface area contributed by atoms with E-state index in [1.165, 1.54) is 0 Å². The topological polar surface area (TPSA) is 268 Å². The van der Waals surface area contributed by atoms with E-state index in [0.29, 0.717) is 0 Å². The van der Waals surface area contributed by atoms with Crippen molar-refractivity contribution in [3.63, 3.8) is 0 Å². The first-order valence-corrected chi connectivity index (χ1v) is 10.7. The third kappa shape index (κ3) is 4.94. The van der Waals surface area contributed by atoms with Gasteiger partial charge in [0.1, 0.15) is 42.7 Å². The molecule has 15 atom stereocenters. The first-order valence-electron chi connectivity index (χ1n) is 10.7. The molecule has 14 heteroatoms. The lowest BCUT2D eigenvalue weighted by atomic mass is 9.84. The Morgan fingerprint density at radius 2 is 1.31 bits per heavy atom. The minimum Gasteiger partial charge on any atom is -0.389 e. The lowest BCUT2D eigenvalue weighted by Gasteiger charge is -2.48. The molecule has 2 saturated heterocycles. The highest BCUT2D eigenvalue weighted by Gasteiger charge is 2.51. The predicted octanol–water partition coefficient (Wildman–Crippen LogP) is -6.30. The van der Waals surface area contributed by atoms with Gasteiger partial charge in [-0.2, -0.15) is 0 Å². The van der Waals surface area contributed by atoms with Crippen molar-refractivity contribution < 1.29 is 44.5 Å². The highest BCUT2D eigenvalue weighted by molar-refractivity contribution is 5.01. The summed E-state index contributed by atoms with van der Waals surface area (Å²) in [7, 11) is 0. The molecule has 188 valence electrons. The largest absolute Gasteiger partial charge is 0.389 e. The summed E-state index contributed by atoms with van der Waals surface area (Å²) < 4.78 is 22.9. The average Bonchev–Trinajstić information content (AvgIpc) is 2.76. The molecular formula is C18H37N5O9. The molecule has 0 radical (unpaired) electrons. The summed E-state index contributed by atoms with van der Waals surface area (Å²) >= 11 is 0. The van der Waals surface area contributed by atoms with Gasteiger partial charge in [0, 0.05) is 18.6 Å². The molecule has 0 aromatic rings. The van der Waals surface area contributed by atoms with E-state index in [2.05, 4.69) is 0 Å². The van der Waals surface area contributed by atoms with Gasteiger partial charge in [-0.25, -0.2) is 0 Å². The van der Waals surface area contributed by atoms with Crippen molar-refractivity contribution in [2.45, 2.75) is 105 Å². The number of nitrogens with two attached hydrogens (primary N) is 5. The number of rotatable bonds is 5. The van der Waals surface area contributed by atoms with Crippen LogP contribution >= 0.6 is 0 Å². The molecule has 15 N–H and O–H groups in total. The second-order valence-electron chi connectivity index (χ2n) is 8.86. The van der Waals surface area contributed by atoms with Gasteiger partial charge in [-0.1, -0.05) is 0 Å². The predicted molar refractivity (Wildman–Crippen MR) is 108 cm³/mol. The Balaban J connectivity index is 1.79. The van der Waals surface area contributed by atoms with Crippen LogP contribution in [0, 0.1) is 0 Å². The monoisotopic (exact) mass is 467 g/mol. The first kappa shape index (κ1) is 26.1. The Kier molecular flexibility index (Phi) is 8.44. The minimum atomic E-state index is -1.50. The fourth-order valence-corrected chi connectivity index (χ4v) is 4.35. The van der Waals surface area contributed by atoms with Crippen LogP contribution in [0.25, 0.3) is 0 Å². The van der Waals surface area contributed by atoms with Crippen molar-refractivity contribution in [3.05, 3.63) is 0 Å². The lowest BCUT2D eigenvalue weighted by Crippen LogP contribution is -2.69. The van der Waals surface area contributed by atoms with Crippen molar-refractivity contribution in [2.24, 2.45) is 28.7 Å². The fraction of sp³-hybridized carbons (Fsp3) is 1.00. The van der Waals surface area contributed by atoms with Crippen molar-refractivity contribution in [2.75, 3.05) is 6.54 Å². The molecule has 3 rings (SSSR count). The van der Waals surface area contributed by atoms with Crippen LogP contribution in [0.1, 0.15) is 13.3 Å². The zero-order chi connectivity index (χ0) is 23.9. The van der Waals surface area contributed by atoms with Crippen molar-refractivity contribution in [1.29, 1.82) is 0 Å². The van der Waals surface area contributed by atoms with Crippen LogP contribution in [0.4, 0.5) is 0 Å². The molecule has 1 saturated carbocycles. The molecule has 14 nitrogen and oxygen atoms in total. The SMILES string of the molecule is C[C@H]1O[C@@H](O[C@@H]2[C@@H](O)[C@H](N)C[C@H](N)[C@H]2O[C@H]2O[C@H](CN)[C@@H](O)[C@H](O)[C@H]2N)[C@H](O)[C@H](O)[C@@H]1N. The standard InChI is InChI=1S/C18H37N5O9/c1-4-8(22)12(26)14(28)18(29-4)32-16-10(24)5(20)2-6(21)15(16)31-17-9(23)13(27)11(25)7(3-19)30-17/h4-18,24-28H,2-3,19-23H2,1H3/t4-,5-,6+,7-,8-,9-,10+,11-,12-,13-,14-,15-,16-,17-,18+/m1/s1. The molecule has 1 aliphatic carbocycles. The number of aliphatic hydroxyl groups excluding tert-OH is 5. The Hall–Kier alpha value is -0.560. The van der Waals surface area contributed by atoms with E-state index in [1.54, 1.807) is 6.92 Å². The molecule has 3 fully saturated rings. The Bertz CT molecular complexity index is 621. The van der Waals surface area contributed by atoms with Crippen LogP contribution < -0.4 is 28.7 Å². The van der Waals surface area contributed by atoms with Crippen molar-refractivity contribution >= 4 is 0 Å². The maximum atomic E-state index is 10.7. The van der Waals surface area contributed by atoms with E-state index in [-0.39, 0.29) is 13.0 Å². The number of ether oxygens (including phenoxy) is 4. The van der Waals surface area contributed by atoms with Crippen LogP contribution in [-0.4, -0.2) is 124 Å². The highest BCUT2D eigenvalue weighted by Crippen LogP contribution is 2.31. The van der Waals surface area contributed by atoms with E-state index in [4.69, 9.17) is 47.6 Å². The van der Waals surface area contributed by atoms with Gasteiger partial charge in [-0.15, -0.1) is 0 Å². The van der Waals surface area contributed by atoms with Gasteiger partial charge in [0.15, 0.2) is 12.6 Å². The number of hydrogen-bond donors (Lipinski definition) is 10. The van der Waals surface area contributed by atoms with Crippen LogP contribution in [0.3, 0.4) is 0 Å². The maximum absolute atomic E-state index is 10.7. The summed E-state index contributed by atoms with van der Waals surface area (Å²) in [5, 5.41) is 51.6. The van der Waals surface area contributed by atoms with E-state index in [9.17, 15) is 25.5 Å². The second kappa shape index (κ2) is 10.4. The van der Waals surface area contributed by atoms with Gasteiger partial charge < -0.3 is 73.1 Å². The Morgan fingerprint density at radius 1 is 0.719 bits per heavy atom. The van der Waals surface area contributed by atoms with Crippen molar-refractivity contribution in [1.82, 2.24) is 0 Å². The molecule has 32 heavy (non-hydrogen) atoms. The lowest BCUT2D eigenvalue weighted by molar-refractivity contribution is -0.328. The smallest absolute Gasteiger partial charge is 0.187 e. The molecular weight excluding hydrogens is 430 g/mol. The quantitative estimate of drug-likeness (QED) is 0.180. The molecule has 0 amide bonds. The zero-order valence-electron chi connectivity index (χ0n) is 17.8. The molecule has 0 unspecified atom stereocenters. The molecule has 0 spiro atoms. The van der Waals surface area contributed by atoms with Crippen LogP contribution in [-0.2, 0) is 18.9 Å². The minimum absolute atomic E-state index is 0.104. The molecule has 3 aliphatic rings. The summed E-state index contributed by atoms with van der Waals surface area (Å²) in [5.74, 6) is 0. The summed E-state index contributed by atoms with van der Waals surface area (Å²) in [6.07, 6.45) is -13.1. The number of hydrogen-bond acceptors (Lipinski definition) is 14. The molecule has 0 bridgehead atoms. The van der Waals surface area contributed by atoms with Gasteiger partial charge in [-0.05, 0) is 13.3 Å². The van der Waals surface area contributed by atoms with Crippen LogP contribution in [0.2, 0.25) is 0 Å². The molecule has 0 aromatic heterocycles. The highest BCUT2D eigenvalue weighted by atomic mass is 16.7. The van der Waals surface area contributed by atoms with Crippen LogP contribution in [0.5, 0.6) is 0 Å². The third-order valence-corrected chi connectivity index (χ3v) is 6.54. The van der Waals surface area contributed by atoms with Crippen molar-refractivity contribution in [3.8, 4) is 0 Å². The first-order chi connectivity index (χ1) is 15.0. The van der Waals surface area contributed by atoms with E-state index < -0.39 is 91.7 Å². The Labute approximate surface area is 185 Å². The summed E-state index contributed by atoms with van der Waals surface area (Å²) in [6, 6.07) is -3.51. The summed E-state index contributed by atoms with van der Waals surface area (Å²) in [4.78, 5) is 0. The molecule has 0 aromatic carbocycles. The van der Waals surface area contributed by atoms with Gasteiger partial charge >= 0.3 is 0 Å². The second-order valence-corrected chi connectivity index (χ2v) is 8.86. The molecule has 2 heterocycles. The van der Waals surface area contributed by atoms with Gasteiger partial charge in [0.2, 0.25) is 0 Å². The van der Waals surface area contributed by atoms with Crippen LogP contribution in [0.15, 0.2) is 0 Å². The normalized spacial score (nSPS) is 55.0. The maximum Gasteiger partial charge on any atom is 0.187 e. The van der Waals surface area contributed by atoms with Gasteiger partial charge in [0.05, 0.1) is 24.3 Å².